The van der Waals surface area contributed by atoms with Crippen molar-refractivity contribution in [2.24, 2.45) is 13.0 Å². The zero-order chi connectivity index (χ0) is 15.8. The molecule has 0 bridgehead atoms. The Labute approximate surface area is 135 Å². The molecule has 1 rings (SSSR count). The SMILES string of the molecule is CCCC(CCO)CNC(=O)NCc1cc(Cl)c(Cl)n1C. The molecule has 0 fully saturated rings. The van der Waals surface area contributed by atoms with Gasteiger partial charge in [-0.25, -0.2) is 4.79 Å². The number of halogens is 2. The number of aliphatic hydroxyl groups is 1. The smallest absolute Gasteiger partial charge is 0.315 e. The second-order valence-corrected chi connectivity index (χ2v) is 5.83. The van der Waals surface area contributed by atoms with Crippen LogP contribution < -0.4 is 10.6 Å². The van der Waals surface area contributed by atoms with E-state index in [1.54, 1.807) is 17.7 Å². The highest BCUT2D eigenvalue weighted by Crippen LogP contribution is 2.24. The highest BCUT2D eigenvalue weighted by Gasteiger charge is 2.11. The van der Waals surface area contributed by atoms with E-state index in [4.69, 9.17) is 28.3 Å². The Morgan fingerprint density at radius 1 is 1.38 bits per heavy atom. The van der Waals surface area contributed by atoms with Gasteiger partial charge in [0.25, 0.3) is 0 Å². The van der Waals surface area contributed by atoms with Gasteiger partial charge >= 0.3 is 6.03 Å². The molecule has 0 aliphatic heterocycles. The van der Waals surface area contributed by atoms with Crippen molar-refractivity contribution in [2.45, 2.75) is 32.7 Å². The van der Waals surface area contributed by atoms with Crippen LogP contribution in [0.2, 0.25) is 10.2 Å². The molecule has 1 unspecified atom stereocenters. The average molecular weight is 336 g/mol. The Morgan fingerprint density at radius 3 is 2.62 bits per heavy atom. The van der Waals surface area contributed by atoms with Gasteiger partial charge in [-0.3, -0.25) is 0 Å². The molecule has 3 N–H and O–H groups in total. The molecule has 21 heavy (non-hydrogen) atoms. The number of hydrogen-bond acceptors (Lipinski definition) is 2. The van der Waals surface area contributed by atoms with Crippen molar-refractivity contribution in [2.75, 3.05) is 13.2 Å². The largest absolute Gasteiger partial charge is 0.396 e. The highest BCUT2D eigenvalue weighted by atomic mass is 35.5. The van der Waals surface area contributed by atoms with E-state index in [9.17, 15) is 4.79 Å². The second kappa shape index (κ2) is 9.18. The average Bonchev–Trinajstić information content (AvgIpc) is 2.70. The summed E-state index contributed by atoms with van der Waals surface area (Å²) in [6.45, 7) is 3.16. The van der Waals surface area contributed by atoms with Crippen LogP contribution in [0.25, 0.3) is 0 Å². The Morgan fingerprint density at radius 2 is 2.10 bits per heavy atom. The molecule has 1 heterocycles. The Kier molecular flexibility index (Phi) is 7.93. The molecule has 0 radical (unpaired) electrons. The number of hydrogen-bond donors (Lipinski definition) is 3. The fraction of sp³-hybridized carbons (Fsp3) is 0.643. The molecule has 0 aromatic carbocycles. The summed E-state index contributed by atoms with van der Waals surface area (Å²) in [6, 6.07) is 1.50. The summed E-state index contributed by atoms with van der Waals surface area (Å²) < 4.78 is 1.73. The lowest BCUT2D eigenvalue weighted by Gasteiger charge is -2.16. The lowest BCUT2D eigenvalue weighted by atomic mass is 10.0. The summed E-state index contributed by atoms with van der Waals surface area (Å²) in [5, 5.41) is 15.5. The van der Waals surface area contributed by atoms with Crippen molar-refractivity contribution in [1.82, 2.24) is 15.2 Å². The molecule has 1 aromatic rings. The standard InChI is InChI=1S/C14H23Cl2N3O2/c1-3-4-10(5-6-20)8-17-14(21)18-9-11-7-12(15)13(16)19(11)2/h7,10,20H,3-6,8-9H2,1-2H3,(H2,17,18,21). The zero-order valence-corrected chi connectivity index (χ0v) is 14.0. The Hall–Kier alpha value is -0.910. The second-order valence-electron chi connectivity index (χ2n) is 5.06. The molecule has 1 atom stereocenters. The lowest BCUT2D eigenvalue weighted by Crippen LogP contribution is -2.38. The normalized spacial score (nSPS) is 12.2. The Balaban J connectivity index is 2.38. The van der Waals surface area contributed by atoms with Crippen molar-refractivity contribution < 1.29 is 9.90 Å². The maximum Gasteiger partial charge on any atom is 0.315 e. The first-order valence-corrected chi connectivity index (χ1v) is 7.87. The summed E-state index contributed by atoms with van der Waals surface area (Å²) >= 11 is 11.9. The maximum absolute atomic E-state index is 11.8. The molecule has 0 saturated heterocycles. The van der Waals surface area contributed by atoms with Gasteiger partial charge in [0.1, 0.15) is 5.15 Å². The number of nitrogens with zero attached hydrogens (tertiary/aromatic N) is 1. The van der Waals surface area contributed by atoms with Crippen LogP contribution in [-0.4, -0.2) is 28.9 Å². The van der Waals surface area contributed by atoms with Crippen molar-refractivity contribution >= 4 is 29.2 Å². The molecule has 0 aliphatic rings. The molecule has 1 aromatic heterocycles. The predicted octanol–water partition coefficient (Wildman–Crippen LogP) is 2.93. The molecule has 0 aliphatic carbocycles. The van der Waals surface area contributed by atoms with Gasteiger partial charge in [0, 0.05) is 25.9 Å². The summed E-state index contributed by atoms with van der Waals surface area (Å²) in [5.41, 5.74) is 0.834. The van der Waals surface area contributed by atoms with Gasteiger partial charge in [-0.15, -0.1) is 0 Å². The molecular weight excluding hydrogens is 313 g/mol. The van der Waals surface area contributed by atoms with Crippen LogP contribution in [-0.2, 0) is 13.6 Å². The fourth-order valence-corrected chi connectivity index (χ4v) is 2.58. The van der Waals surface area contributed by atoms with Gasteiger partial charge in [-0.2, -0.15) is 0 Å². The number of carbonyl (C=O) groups excluding carboxylic acids is 1. The number of nitrogens with one attached hydrogen (secondary N) is 2. The third-order valence-corrected chi connectivity index (χ3v) is 4.27. The first-order valence-electron chi connectivity index (χ1n) is 7.11. The molecular formula is C14H23Cl2N3O2. The first kappa shape index (κ1) is 18.1. The van der Waals surface area contributed by atoms with Crippen molar-refractivity contribution in [3.8, 4) is 0 Å². The molecule has 7 heteroatoms. The minimum Gasteiger partial charge on any atom is -0.396 e. The van der Waals surface area contributed by atoms with E-state index in [0.717, 1.165) is 18.5 Å². The third kappa shape index (κ3) is 5.77. The van der Waals surface area contributed by atoms with Crippen LogP contribution in [0.4, 0.5) is 4.79 Å². The number of aromatic nitrogens is 1. The number of amides is 2. The molecule has 0 spiro atoms. The van der Waals surface area contributed by atoms with Gasteiger partial charge in [0.05, 0.1) is 11.6 Å². The quantitative estimate of drug-likeness (QED) is 0.683. The molecule has 5 nitrogen and oxygen atoms in total. The van der Waals surface area contributed by atoms with E-state index < -0.39 is 0 Å². The van der Waals surface area contributed by atoms with Gasteiger partial charge in [-0.1, -0.05) is 36.5 Å². The van der Waals surface area contributed by atoms with Gasteiger partial charge < -0.3 is 20.3 Å². The summed E-state index contributed by atoms with van der Waals surface area (Å²) in [5.74, 6) is 0.310. The highest BCUT2D eigenvalue weighted by molar-refractivity contribution is 6.41. The summed E-state index contributed by atoms with van der Waals surface area (Å²) in [7, 11) is 1.79. The monoisotopic (exact) mass is 335 g/mol. The Bertz CT molecular complexity index is 457. The van der Waals surface area contributed by atoms with E-state index in [2.05, 4.69) is 17.6 Å². The van der Waals surface area contributed by atoms with Crippen molar-refractivity contribution in [3.05, 3.63) is 21.9 Å². The van der Waals surface area contributed by atoms with Crippen molar-refractivity contribution in [1.29, 1.82) is 0 Å². The number of aliphatic hydroxyl groups excluding tert-OH is 1. The number of urea groups is 1. The summed E-state index contributed by atoms with van der Waals surface area (Å²) in [6.07, 6.45) is 2.73. The lowest BCUT2D eigenvalue weighted by molar-refractivity contribution is 0.229. The van der Waals surface area contributed by atoms with Gasteiger partial charge in [-0.05, 0) is 24.8 Å². The third-order valence-electron chi connectivity index (χ3n) is 3.43. The minimum atomic E-state index is -0.234. The molecule has 120 valence electrons. The molecule has 0 saturated carbocycles. The summed E-state index contributed by atoms with van der Waals surface area (Å²) in [4.78, 5) is 11.8. The minimum absolute atomic E-state index is 0.147. The van der Waals surface area contributed by atoms with E-state index in [0.29, 0.717) is 35.6 Å². The van der Waals surface area contributed by atoms with Crippen LogP contribution in [0.5, 0.6) is 0 Å². The zero-order valence-electron chi connectivity index (χ0n) is 12.5. The van der Waals surface area contributed by atoms with Crippen LogP contribution >= 0.6 is 23.2 Å². The van der Waals surface area contributed by atoms with Crippen LogP contribution in [0.15, 0.2) is 6.07 Å². The van der Waals surface area contributed by atoms with Crippen molar-refractivity contribution in [3.63, 3.8) is 0 Å². The van der Waals surface area contributed by atoms with Gasteiger partial charge in [0.2, 0.25) is 0 Å². The number of carbonyl (C=O) groups is 1. The first-order chi connectivity index (χ1) is 9.99. The van der Waals surface area contributed by atoms with Crippen LogP contribution in [0, 0.1) is 5.92 Å². The topological polar surface area (TPSA) is 66.3 Å². The van der Waals surface area contributed by atoms with Gasteiger partial charge in [0.15, 0.2) is 0 Å². The number of rotatable bonds is 8. The van der Waals surface area contributed by atoms with E-state index in [1.165, 1.54) is 0 Å². The van der Waals surface area contributed by atoms with E-state index in [1.807, 2.05) is 0 Å². The van der Waals surface area contributed by atoms with E-state index >= 15 is 0 Å². The van der Waals surface area contributed by atoms with Crippen LogP contribution in [0.3, 0.4) is 0 Å². The fourth-order valence-electron chi connectivity index (χ4n) is 2.17. The van der Waals surface area contributed by atoms with E-state index in [-0.39, 0.29) is 12.6 Å². The maximum atomic E-state index is 11.8. The predicted molar refractivity (Wildman–Crippen MR) is 85.8 cm³/mol. The van der Waals surface area contributed by atoms with Crippen LogP contribution in [0.1, 0.15) is 31.9 Å². The molecule has 2 amide bonds.